The van der Waals surface area contributed by atoms with E-state index in [0.29, 0.717) is 19.3 Å². The second kappa shape index (κ2) is 48.8. The monoisotopic (exact) mass is 971 g/mol. The van der Waals surface area contributed by atoms with Crippen LogP contribution in [0, 0.1) is 0 Å². The number of allylic oxidation sites excluding steroid dienone is 12. The first-order valence-electron chi connectivity index (χ1n) is 28.0. The number of hydrogen-bond donors (Lipinski definition) is 4. The lowest BCUT2D eigenvalue weighted by Gasteiger charge is -2.39. The Morgan fingerprint density at radius 3 is 1.28 bits per heavy atom. The van der Waals surface area contributed by atoms with Crippen molar-refractivity contribution in [3.05, 3.63) is 72.9 Å². The maximum atomic E-state index is 12.8. The zero-order chi connectivity index (χ0) is 50.1. The molecule has 398 valence electrons. The molecule has 0 radical (unpaired) electrons. The summed E-state index contributed by atoms with van der Waals surface area (Å²) in [6.45, 7) is 3.36. The fraction of sp³-hybridized carbons (Fsp3) is 0.763. The number of unbranched alkanes of at least 4 members (excludes halogenated alkanes) is 24. The summed E-state index contributed by atoms with van der Waals surface area (Å²) in [7, 11) is 0. The van der Waals surface area contributed by atoms with Gasteiger partial charge in [-0.25, -0.2) is 0 Å². The maximum Gasteiger partial charge on any atom is 0.306 e. The number of hydrogen-bond acceptors (Lipinski definition) is 10. The average molecular weight is 971 g/mol. The summed E-state index contributed by atoms with van der Waals surface area (Å²) in [5.74, 6) is -0.920. The zero-order valence-corrected chi connectivity index (χ0v) is 43.8. The van der Waals surface area contributed by atoms with Gasteiger partial charge in [0.25, 0.3) is 0 Å². The molecule has 4 N–H and O–H groups in total. The Kier molecular flexibility index (Phi) is 45.3. The van der Waals surface area contributed by atoms with Crippen LogP contribution in [0.15, 0.2) is 72.9 Å². The molecule has 2 unspecified atom stereocenters. The molecule has 0 saturated carbocycles. The van der Waals surface area contributed by atoms with Gasteiger partial charge in [-0.3, -0.25) is 9.59 Å². The molecule has 0 aromatic carbocycles. The number of aliphatic hydroxyl groups excluding tert-OH is 4. The van der Waals surface area contributed by atoms with Crippen molar-refractivity contribution in [3.8, 4) is 0 Å². The molecule has 10 heteroatoms. The van der Waals surface area contributed by atoms with E-state index in [0.717, 1.165) is 44.9 Å². The van der Waals surface area contributed by atoms with Crippen molar-refractivity contribution in [2.75, 3.05) is 19.8 Å². The van der Waals surface area contributed by atoms with E-state index in [1.807, 2.05) is 6.08 Å². The van der Waals surface area contributed by atoms with Crippen LogP contribution in [0.25, 0.3) is 0 Å². The summed E-state index contributed by atoms with van der Waals surface area (Å²) in [5, 5.41) is 40.2. The fourth-order valence-corrected chi connectivity index (χ4v) is 8.14. The molecule has 0 aliphatic carbocycles. The normalized spacial score (nSPS) is 19.4. The molecule has 6 atom stereocenters. The Labute approximate surface area is 421 Å². The summed E-state index contributed by atoms with van der Waals surface area (Å²) in [4.78, 5) is 25.5. The third-order valence-electron chi connectivity index (χ3n) is 12.5. The fourth-order valence-electron chi connectivity index (χ4n) is 8.14. The third kappa shape index (κ3) is 39.4. The van der Waals surface area contributed by atoms with E-state index in [4.69, 9.17) is 18.9 Å². The molecular weight excluding hydrogens is 869 g/mol. The number of carbonyl (C=O) groups is 2. The minimum atomic E-state index is -1.61. The predicted molar refractivity (Wildman–Crippen MR) is 284 cm³/mol. The van der Waals surface area contributed by atoms with Gasteiger partial charge in [0.1, 0.15) is 31.0 Å². The average Bonchev–Trinajstić information content (AvgIpc) is 3.35. The van der Waals surface area contributed by atoms with Gasteiger partial charge in [0.15, 0.2) is 12.4 Å². The van der Waals surface area contributed by atoms with Gasteiger partial charge in [-0.15, -0.1) is 0 Å². The van der Waals surface area contributed by atoms with Gasteiger partial charge in [-0.1, -0.05) is 209 Å². The van der Waals surface area contributed by atoms with E-state index in [9.17, 15) is 30.0 Å². The topological polar surface area (TPSA) is 152 Å². The lowest BCUT2D eigenvalue weighted by molar-refractivity contribution is -0.305. The van der Waals surface area contributed by atoms with Crippen LogP contribution < -0.4 is 0 Å². The highest BCUT2D eigenvalue weighted by Crippen LogP contribution is 2.23. The van der Waals surface area contributed by atoms with Crippen LogP contribution in [0.3, 0.4) is 0 Å². The van der Waals surface area contributed by atoms with Crippen molar-refractivity contribution in [1.82, 2.24) is 0 Å². The highest BCUT2D eigenvalue weighted by Gasteiger charge is 2.44. The first-order chi connectivity index (χ1) is 33.8. The number of carbonyl (C=O) groups excluding carboxylic acids is 2. The molecule has 1 saturated heterocycles. The third-order valence-corrected chi connectivity index (χ3v) is 12.5. The molecule has 69 heavy (non-hydrogen) atoms. The maximum absolute atomic E-state index is 12.8. The second-order valence-electron chi connectivity index (χ2n) is 19.0. The van der Waals surface area contributed by atoms with Gasteiger partial charge in [-0.05, 0) is 83.5 Å². The minimum Gasteiger partial charge on any atom is -0.462 e. The van der Waals surface area contributed by atoms with Crippen molar-refractivity contribution >= 4 is 11.9 Å². The number of ether oxygens (including phenoxy) is 4. The summed E-state index contributed by atoms with van der Waals surface area (Å²) < 4.78 is 22.2. The van der Waals surface area contributed by atoms with Gasteiger partial charge < -0.3 is 39.4 Å². The molecule has 0 amide bonds. The van der Waals surface area contributed by atoms with Crippen LogP contribution >= 0.6 is 0 Å². The van der Waals surface area contributed by atoms with Crippen LogP contribution in [0.2, 0.25) is 0 Å². The lowest BCUT2D eigenvalue weighted by Crippen LogP contribution is -2.59. The van der Waals surface area contributed by atoms with Crippen LogP contribution in [0.1, 0.15) is 232 Å². The van der Waals surface area contributed by atoms with Crippen molar-refractivity contribution in [1.29, 1.82) is 0 Å². The molecular formula is C59H102O10. The first-order valence-corrected chi connectivity index (χ1v) is 28.0. The van der Waals surface area contributed by atoms with E-state index in [1.165, 1.54) is 141 Å². The molecule has 0 spiro atoms. The molecule has 1 rings (SSSR count). The summed E-state index contributed by atoms with van der Waals surface area (Å²) >= 11 is 0. The van der Waals surface area contributed by atoms with Crippen LogP contribution in [-0.2, 0) is 28.5 Å². The van der Waals surface area contributed by atoms with E-state index >= 15 is 0 Å². The Bertz CT molecular complexity index is 1350. The van der Waals surface area contributed by atoms with Gasteiger partial charge in [-0.2, -0.15) is 0 Å². The first kappa shape index (κ1) is 64.2. The lowest BCUT2D eigenvalue weighted by atomic mass is 9.99. The van der Waals surface area contributed by atoms with Gasteiger partial charge in [0, 0.05) is 12.8 Å². The van der Waals surface area contributed by atoms with Crippen molar-refractivity contribution in [3.63, 3.8) is 0 Å². The molecule has 0 bridgehead atoms. The van der Waals surface area contributed by atoms with E-state index in [-0.39, 0.29) is 26.1 Å². The van der Waals surface area contributed by atoms with Gasteiger partial charge >= 0.3 is 11.9 Å². The van der Waals surface area contributed by atoms with Crippen molar-refractivity contribution < 1.29 is 49.0 Å². The molecule has 1 heterocycles. The quantitative estimate of drug-likeness (QED) is 0.0263. The molecule has 1 fully saturated rings. The largest absolute Gasteiger partial charge is 0.462 e. The van der Waals surface area contributed by atoms with Crippen LogP contribution in [-0.4, -0.2) is 89.0 Å². The Hall–Kier alpha value is -2.86. The minimum absolute atomic E-state index is 0.143. The van der Waals surface area contributed by atoms with Crippen LogP contribution in [0.4, 0.5) is 0 Å². The highest BCUT2D eigenvalue weighted by molar-refractivity contribution is 5.70. The SMILES string of the molecule is CCCCCCCCC/C=C/C/C=C/C/C=C/C/C=C/CCCC(=O)O[C@@H](COC(=O)CCC/C=C/CC/C=C/CCCCCCCCCCCCCCCC)CO[C@H]1O[C@@H](CO)[C@@H](O)C(O)C1O. The van der Waals surface area contributed by atoms with E-state index in [2.05, 4.69) is 80.7 Å². The summed E-state index contributed by atoms with van der Waals surface area (Å²) in [5.41, 5.74) is 0. The Morgan fingerprint density at radius 1 is 0.449 bits per heavy atom. The number of rotatable bonds is 47. The molecule has 1 aliphatic rings. The number of aliphatic hydroxyl groups is 4. The van der Waals surface area contributed by atoms with Gasteiger partial charge in [0.05, 0.1) is 13.2 Å². The number of esters is 2. The van der Waals surface area contributed by atoms with E-state index in [1.54, 1.807) is 0 Å². The smallest absolute Gasteiger partial charge is 0.306 e. The van der Waals surface area contributed by atoms with E-state index < -0.39 is 55.4 Å². The molecule has 0 aromatic heterocycles. The van der Waals surface area contributed by atoms with Crippen LogP contribution in [0.5, 0.6) is 0 Å². The Morgan fingerprint density at radius 2 is 0.826 bits per heavy atom. The predicted octanol–water partition coefficient (Wildman–Crippen LogP) is 13.9. The van der Waals surface area contributed by atoms with Gasteiger partial charge in [0.2, 0.25) is 0 Å². The zero-order valence-electron chi connectivity index (χ0n) is 43.8. The molecule has 0 aromatic rings. The summed E-state index contributed by atoms with van der Waals surface area (Å²) in [6, 6.07) is 0. The highest BCUT2D eigenvalue weighted by atomic mass is 16.7. The molecule has 10 nitrogen and oxygen atoms in total. The van der Waals surface area contributed by atoms with Crippen molar-refractivity contribution in [2.24, 2.45) is 0 Å². The summed E-state index contributed by atoms with van der Waals surface area (Å²) in [6.07, 6.45) is 56.5. The second-order valence-corrected chi connectivity index (χ2v) is 19.0. The Balaban J connectivity index is 2.30. The van der Waals surface area contributed by atoms with Crippen molar-refractivity contribution in [2.45, 2.75) is 269 Å². The molecule has 1 aliphatic heterocycles. The standard InChI is InChI=1S/C59H102O10/c1-3-5-7-9-11-13-15-17-19-21-23-25-26-28-29-31-33-35-37-39-41-43-45-47-54(61)66-50-52(51-67-59-58(65)57(64)56(63)53(49-60)69-59)68-55(62)48-46-44-42-40-38-36-34-32-30-27-24-22-20-18-16-14-12-10-8-6-4-2/h20,22,27,30-31,33-34,36,39-42,52-53,56-60,63-65H,3-19,21,23-26,28-29,32,35,37-38,43-51H2,1-2H3/b22-20+,30-27+,33-31+,36-34+,41-39+,42-40+/t52-,53-,56+,57?,58?,59-/m0/s1.